The quantitative estimate of drug-likeness (QED) is 0.288. The van der Waals surface area contributed by atoms with E-state index in [9.17, 15) is 4.79 Å². The molecule has 2 aromatic carbocycles. The Kier molecular flexibility index (Phi) is 8.19. The first-order valence-corrected chi connectivity index (χ1v) is 12.7. The molecule has 0 saturated heterocycles. The second-order valence-electron chi connectivity index (χ2n) is 8.10. The third kappa shape index (κ3) is 5.77. The van der Waals surface area contributed by atoms with Crippen molar-refractivity contribution in [2.24, 2.45) is 10.1 Å². The number of nitrogens with zero attached hydrogens (tertiary/aromatic N) is 3. The number of amides is 1. The van der Waals surface area contributed by atoms with Crippen molar-refractivity contribution in [3.8, 4) is 5.75 Å². The van der Waals surface area contributed by atoms with E-state index in [1.165, 1.54) is 36.0 Å². The molecule has 0 saturated carbocycles. The van der Waals surface area contributed by atoms with E-state index in [0.717, 1.165) is 29.9 Å². The van der Waals surface area contributed by atoms with Gasteiger partial charge in [-0.05, 0) is 42.8 Å². The highest BCUT2D eigenvalue weighted by atomic mass is 35.5. The summed E-state index contributed by atoms with van der Waals surface area (Å²) in [5.74, 6) is 0.186. The average molecular weight is 495 g/mol. The molecule has 34 heavy (non-hydrogen) atoms. The zero-order chi connectivity index (χ0) is 23.9. The number of halogens is 1. The second-order valence-corrected chi connectivity index (χ2v) is 9.54. The molecule has 1 N–H and O–H groups in total. The van der Waals surface area contributed by atoms with Crippen LogP contribution in [0.1, 0.15) is 56.6 Å². The van der Waals surface area contributed by atoms with Gasteiger partial charge in [-0.15, -0.1) is 0 Å². The molecule has 4 rings (SSSR count). The minimum atomic E-state index is -0.441. The first-order valence-electron chi connectivity index (χ1n) is 11.5. The Morgan fingerprint density at radius 3 is 2.68 bits per heavy atom. The van der Waals surface area contributed by atoms with Gasteiger partial charge >= 0.3 is 0 Å². The summed E-state index contributed by atoms with van der Waals surface area (Å²) in [6.07, 6.45) is 8.37. The summed E-state index contributed by atoms with van der Waals surface area (Å²) in [7, 11) is 0. The van der Waals surface area contributed by atoms with Gasteiger partial charge in [-0.1, -0.05) is 80.6 Å². The van der Waals surface area contributed by atoms with Gasteiger partial charge in [0, 0.05) is 16.1 Å². The Balaban J connectivity index is 1.48. The fourth-order valence-corrected chi connectivity index (χ4v) is 4.79. The highest BCUT2D eigenvalue weighted by Crippen LogP contribution is 2.31. The SMILES string of the molecule is CCCCCCCC1=NN2C(=N)/C(=C\c3ccccc3OCc3ccccc3Cl)C(=O)N=C2S1. The van der Waals surface area contributed by atoms with Crippen LogP contribution in [0.2, 0.25) is 5.02 Å². The number of unbranched alkanes of at least 4 members (excludes halogenated alkanes) is 4. The van der Waals surface area contributed by atoms with Gasteiger partial charge in [0.25, 0.3) is 5.91 Å². The van der Waals surface area contributed by atoms with Crippen LogP contribution in [0.3, 0.4) is 0 Å². The lowest BCUT2D eigenvalue weighted by molar-refractivity contribution is -0.114. The highest BCUT2D eigenvalue weighted by molar-refractivity contribution is 8.26. The smallest absolute Gasteiger partial charge is 0.283 e. The number of nitrogens with one attached hydrogen (secondary N) is 1. The molecule has 2 aromatic rings. The molecular weight excluding hydrogens is 468 g/mol. The van der Waals surface area contributed by atoms with Crippen molar-refractivity contribution in [2.45, 2.75) is 52.1 Å². The van der Waals surface area contributed by atoms with E-state index in [0.29, 0.717) is 28.1 Å². The third-order valence-corrected chi connectivity index (χ3v) is 6.89. The van der Waals surface area contributed by atoms with Gasteiger partial charge in [0.1, 0.15) is 17.4 Å². The summed E-state index contributed by atoms with van der Waals surface area (Å²) >= 11 is 7.63. The van der Waals surface area contributed by atoms with E-state index in [4.69, 9.17) is 21.7 Å². The largest absolute Gasteiger partial charge is 0.488 e. The molecule has 176 valence electrons. The van der Waals surface area contributed by atoms with E-state index >= 15 is 0 Å². The summed E-state index contributed by atoms with van der Waals surface area (Å²) in [5, 5.41) is 16.6. The molecule has 0 aromatic heterocycles. The zero-order valence-electron chi connectivity index (χ0n) is 19.1. The molecule has 0 spiro atoms. The molecule has 0 fully saturated rings. The summed E-state index contributed by atoms with van der Waals surface area (Å²) < 4.78 is 6.00. The third-order valence-electron chi connectivity index (χ3n) is 5.55. The van der Waals surface area contributed by atoms with E-state index in [1.807, 2.05) is 48.5 Å². The van der Waals surface area contributed by atoms with Crippen molar-refractivity contribution in [3.63, 3.8) is 0 Å². The van der Waals surface area contributed by atoms with Crippen LogP contribution in [0, 0.1) is 5.41 Å². The van der Waals surface area contributed by atoms with Crippen LogP contribution in [-0.4, -0.2) is 27.0 Å². The van der Waals surface area contributed by atoms with Gasteiger partial charge < -0.3 is 4.74 Å². The van der Waals surface area contributed by atoms with E-state index < -0.39 is 5.91 Å². The van der Waals surface area contributed by atoms with Crippen LogP contribution >= 0.6 is 23.4 Å². The molecule has 8 heteroatoms. The number of aliphatic imine (C=N–C) groups is 1. The number of fused-ring (bicyclic) bond motifs is 1. The number of hydrogen-bond donors (Lipinski definition) is 1. The van der Waals surface area contributed by atoms with Crippen LogP contribution < -0.4 is 4.74 Å². The van der Waals surface area contributed by atoms with Crippen molar-refractivity contribution in [1.82, 2.24) is 5.01 Å². The minimum absolute atomic E-state index is 0.0318. The van der Waals surface area contributed by atoms with Crippen LogP contribution in [-0.2, 0) is 11.4 Å². The van der Waals surface area contributed by atoms with Crippen molar-refractivity contribution in [2.75, 3.05) is 0 Å². The van der Waals surface area contributed by atoms with Gasteiger partial charge in [-0.2, -0.15) is 15.1 Å². The maximum Gasteiger partial charge on any atom is 0.283 e. The van der Waals surface area contributed by atoms with Crippen molar-refractivity contribution in [1.29, 1.82) is 5.41 Å². The predicted octanol–water partition coefficient (Wildman–Crippen LogP) is 6.90. The van der Waals surface area contributed by atoms with E-state index in [2.05, 4.69) is 17.0 Å². The van der Waals surface area contributed by atoms with Crippen LogP contribution in [0.15, 0.2) is 64.2 Å². The second kappa shape index (κ2) is 11.5. The standard InChI is InChI=1S/C26H27ClN4O2S/c1-2-3-4-5-6-15-23-30-31-24(28)20(25(32)29-26(31)34-23)16-18-11-8-10-14-22(18)33-17-19-12-7-9-13-21(19)27/h7-14,16,28H,2-6,15,17H2,1H3/b20-16+,28-24?. The Bertz CT molecular complexity index is 1170. The molecule has 0 aliphatic carbocycles. The average Bonchev–Trinajstić information content (AvgIpc) is 3.24. The molecule has 0 bridgehead atoms. The van der Waals surface area contributed by atoms with Crippen molar-refractivity contribution >= 4 is 51.4 Å². The van der Waals surface area contributed by atoms with Gasteiger partial charge in [-0.25, -0.2) is 0 Å². The van der Waals surface area contributed by atoms with Crippen LogP contribution in [0.25, 0.3) is 6.08 Å². The maximum atomic E-state index is 12.8. The number of thioether (sulfide) groups is 1. The molecular formula is C26H27ClN4O2S. The molecule has 0 radical (unpaired) electrons. The minimum Gasteiger partial charge on any atom is -0.488 e. The number of ether oxygens (including phenoxy) is 1. The molecule has 1 amide bonds. The number of hydrogen-bond acceptors (Lipinski definition) is 5. The molecule has 2 aliphatic rings. The first kappa shape index (κ1) is 24.2. The van der Waals surface area contributed by atoms with E-state index in [1.54, 1.807) is 6.08 Å². The molecule has 2 aliphatic heterocycles. The van der Waals surface area contributed by atoms with Gasteiger partial charge in [0.2, 0.25) is 5.17 Å². The summed E-state index contributed by atoms with van der Waals surface area (Å²) in [6, 6.07) is 14.9. The Morgan fingerprint density at radius 1 is 1.09 bits per heavy atom. The first-order chi connectivity index (χ1) is 16.6. The summed E-state index contributed by atoms with van der Waals surface area (Å²) in [5.41, 5.74) is 1.74. The van der Waals surface area contributed by atoms with Crippen molar-refractivity contribution in [3.05, 3.63) is 70.3 Å². The lowest BCUT2D eigenvalue weighted by Crippen LogP contribution is -2.35. The topological polar surface area (TPSA) is 78.1 Å². The summed E-state index contributed by atoms with van der Waals surface area (Å²) in [6.45, 7) is 2.49. The Morgan fingerprint density at radius 2 is 1.85 bits per heavy atom. The predicted molar refractivity (Wildman–Crippen MR) is 141 cm³/mol. The number of carbonyl (C=O) groups excluding carboxylic acids is 1. The Labute approximate surface area is 209 Å². The zero-order valence-corrected chi connectivity index (χ0v) is 20.7. The maximum absolute atomic E-state index is 12.8. The molecule has 0 unspecified atom stereocenters. The van der Waals surface area contributed by atoms with Gasteiger partial charge in [0.05, 0.1) is 5.57 Å². The number of rotatable bonds is 10. The lowest BCUT2D eigenvalue weighted by atomic mass is 10.1. The monoisotopic (exact) mass is 494 g/mol. The van der Waals surface area contributed by atoms with Crippen molar-refractivity contribution < 1.29 is 9.53 Å². The summed E-state index contributed by atoms with van der Waals surface area (Å²) in [4.78, 5) is 17.0. The number of hydrazone groups is 1. The van der Waals surface area contributed by atoms with Gasteiger partial charge in [0.15, 0.2) is 5.84 Å². The van der Waals surface area contributed by atoms with Crippen LogP contribution in [0.5, 0.6) is 5.75 Å². The van der Waals surface area contributed by atoms with Gasteiger partial charge in [-0.3, -0.25) is 10.2 Å². The molecule has 0 atom stereocenters. The fourth-order valence-electron chi connectivity index (χ4n) is 3.67. The number of carbonyl (C=O) groups is 1. The normalized spacial score (nSPS) is 16.5. The lowest BCUT2D eigenvalue weighted by Gasteiger charge is -2.20. The molecule has 2 heterocycles. The van der Waals surface area contributed by atoms with E-state index in [-0.39, 0.29) is 11.4 Å². The fraction of sp³-hybridized carbons (Fsp3) is 0.308. The highest BCUT2D eigenvalue weighted by Gasteiger charge is 2.35. The number of benzene rings is 2. The Hall–Kier alpha value is -2.90. The van der Waals surface area contributed by atoms with Crippen LogP contribution in [0.4, 0.5) is 0 Å². The molecule has 6 nitrogen and oxygen atoms in total. The number of amidine groups is 2. The number of para-hydroxylation sites is 1.